The smallest absolute Gasteiger partial charge is 0.191 e. The normalized spacial score (nSPS) is 12.0. The van der Waals surface area contributed by atoms with Gasteiger partial charge in [0.15, 0.2) is 21.6 Å². The maximum Gasteiger partial charge on any atom is 0.191 e. The van der Waals surface area contributed by atoms with Crippen molar-refractivity contribution < 1.29 is 17.3 Å². The van der Waals surface area contributed by atoms with Crippen molar-refractivity contribution >= 4 is 39.8 Å². The standard InChI is InChI=1S/C20H29FN4O3S.HI/c1-5-14(6-2)19-10-18(28-25-19)12-24-20(22-3)23-11-16-9-17(21)8-7-15(16)13-29(4,26)27;/h7-10,14H,5-6,11-13H2,1-4H3,(H2,22,23,24);1H. The van der Waals surface area contributed by atoms with Crippen LogP contribution in [0.15, 0.2) is 33.8 Å². The lowest BCUT2D eigenvalue weighted by atomic mass is 9.99. The summed E-state index contributed by atoms with van der Waals surface area (Å²) in [5, 5.41) is 10.3. The van der Waals surface area contributed by atoms with Crippen LogP contribution in [0.4, 0.5) is 4.39 Å². The summed E-state index contributed by atoms with van der Waals surface area (Å²) in [6.07, 6.45) is 3.16. The van der Waals surface area contributed by atoms with E-state index in [0.717, 1.165) is 24.8 Å². The first-order valence-corrected chi connectivity index (χ1v) is 11.7. The Balaban J connectivity index is 0.00000450. The van der Waals surface area contributed by atoms with Gasteiger partial charge in [-0.1, -0.05) is 25.1 Å². The number of hydrogen-bond donors (Lipinski definition) is 2. The highest BCUT2D eigenvalue weighted by Gasteiger charge is 2.14. The highest BCUT2D eigenvalue weighted by Crippen LogP contribution is 2.22. The van der Waals surface area contributed by atoms with Gasteiger partial charge in [-0.3, -0.25) is 4.99 Å². The van der Waals surface area contributed by atoms with E-state index in [1.807, 2.05) is 6.07 Å². The number of benzene rings is 1. The summed E-state index contributed by atoms with van der Waals surface area (Å²) in [5.41, 5.74) is 2.07. The Labute approximate surface area is 194 Å². The summed E-state index contributed by atoms with van der Waals surface area (Å²) in [6, 6.07) is 6.03. The van der Waals surface area contributed by atoms with Crippen molar-refractivity contribution in [3.63, 3.8) is 0 Å². The molecule has 0 radical (unpaired) electrons. The number of guanidine groups is 1. The maximum absolute atomic E-state index is 13.6. The lowest BCUT2D eigenvalue weighted by Gasteiger charge is -2.13. The molecule has 0 spiro atoms. The first kappa shape index (κ1) is 26.3. The van der Waals surface area contributed by atoms with Crippen molar-refractivity contribution in [1.82, 2.24) is 15.8 Å². The van der Waals surface area contributed by atoms with Gasteiger partial charge in [-0.25, -0.2) is 12.8 Å². The molecule has 0 fully saturated rings. The molecule has 7 nitrogen and oxygen atoms in total. The fourth-order valence-electron chi connectivity index (χ4n) is 3.06. The fourth-order valence-corrected chi connectivity index (χ4v) is 3.91. The zero-order valence-electron chi connectivity index (χ0n) is 17.7. The summed E-state index contributed by atoms with van der Waals surface area (Å²) in [4.78, 5) is 4.14. The predicted octanol–water partition coefficient (Wildman–Crippen LogP) is 3.75. The van der Waals surface area contributed by atoms with Gasteiger partial charge in [-0.2, -0.15) is 0 Å². The van der Waals surface area contributed by atoms with Crippen LogP contribution in [0, 0.1) is 5.82 Å². The Morgan fingerprint density at radius 3 is 2.43 bits per heavy atom. The summed E-state index contributed by atoms with van der Waals surface area (Å²) in [5.74, 6) is 0.995. The van der Waals surface area contributed by atoms with Gasteiger partial charge in [-0.15, -0.1) is 24.0 Å². The quantitative estimate of drug-likeness (QED) is 0.280. The third-order valence-electron chi connectivity index (χ3n) is 4.67. The lowest BCUT2D eigenvalue weighted by molar-refractivity contribution is 0.368. The highest BCUT2D eigenvalue weighted by atomic mass is 127. The van der Waals surface area contributed by atoms with Gasteiger partial charge < -0.3 is 15.2 Å². The van der Waals surface area contributed by atoms with Crippen LogP contribution in [0.25, 0.3) is 0 Å². The average Bonchev–Trinajstić information content (AvgIpc) is 3.12. The van der Waals surface area contributed by atoms with E-state index < -0.39 is 15.7 Å². The second-order valence-electron chi connectivity index (χ2n) is 6.99. The molecule has 2 aromatic rings. The molecule has 1 aromatic carbocycles. The molecule has 0 atom stereocenters. The number of nitrogens with zero attached hydrogens (tertiary/aromatic N) is 2. The predicted molar refractivity (Wildman–Crippen MR) is 127 cm³/mol. The minimum absolute atomic E-state index is 0. The van der Waals surface area contributed by atoms with Gasteiger partial charge in [0.25, 0.3) is 0 Å². The number of hydrogen-bond acceptors (Lipinski definition) is 5. The van der Waals surface area contributed by atoms with Crippen LogP contribution < -0.4 is 10.6 Å². The summed E-state index contributed by atoms with van der Waals surface area (Å²) >= 11 is 0. The SMILES string of the molecule is CCC(CC)c1cc(CNC(=NC)NCc2cc(F)ccc2CS(C)(=O)=O)on1.I. The largest absolute Gasteiger partial charge is 0.359 e. The number of nitrogens with one attached hydrogen (secondary N) is 2. The first-order valence-electron chi connectivity index (χ1n) is 9.60. The Bertz CT molecular complexity index is 943. The van der Waals surface area contributed by atoms with Crippen LogP contribution in [-0.4, -0.2) is 32.8 Å². The van der Waals surface area contributed by atoms with Crippen molar-refractivity contribution in [3.05, 3.63) is 52.7 Å². The molecule has 0 amide bonds. The van der Waals surface area contributed by atoms with Crippen LogP contribution in [-0.2, 0) is 28.7 Å². The summed E-state index contributed by atoms with van der Waals surface area (Å²) < 4.78 is 42.3. The summed E-state index contributed by atoms with van der Waals surface area (Å²) in [6.45, 7) is 4.87. The molecule has 0 aliphatic rings. The molecule has 0 saturated heterocycles. The molecule has 1 aromatic heterocycles. The number of aliphatic imine (C=N–C) groups is 1. The van der Waals surface area contributed by atoms with E-state index in [0.29, 0.717) is 35.3 Å². The number of aromatic nitrogens is 1. The number of rotatable bonds is 9. The van der Waals surface area contributed by atoms with Crippen LogP contribution in [0.3, 0.4) is 0 Å². The fraction of sp³-hybridized carbons (Fsp3) is 0.500. The van der Waals surface area contributed by atoms with E-state index in [-0.39, 0.29) is 36.3 Å². The van der Waals surface area contributed by atoms with E-state index in [2.05, 4.69) is 34.6 Å². The molecular formula is C20H30FIN4O3S. The topological polar surface area (TPSA) is 96.6 Å². The molecule has 10 heteroatoms. The molecule has 0 aliphatic carbocycles. The zero-order valence-corrected chi connectivity index (χ0v) is 20.9. The van der Waals surface area contributed by atoms with Crippen molar-refractivity contribution in [2.24, 2.45) is 4.99 Å². The number of sulfone groups is 1. The average molecular weight is 552 g/mol. The highest BCUT2D eigenvalue weighted by molar-refractivity contribution is 14.0. The molecule has 0 saturated carbocycles. The monoisotopic (exact) mass is 552 g/mol. The van der Waals surface area contributed by atoms with Crippen molar-refractivity contribution in [3.8, 4) is 0 Å². The summed E-state index contributed by atoms with van der Waals surface area (Å²) in [7, 11) is -1.61. The molecule has 0 aliphatic heterocycles. The van der Waals surface area contributed by atoms with Crippen molar-refractivity contribution in [1.29, 1.82) is 0 Å². The van der Waals surface area contributed by atoms with E-state index >= 15 is 0 Å². The van der Waals surface area contributed by atoms with Crippen LogP contribution in [0.5, 0.6) is 0 Å². The minimum atomic E-state index is -3.23. The number of halogens is 2. The molecule has 2 rings (SSSR count). The third kappa shape index (κ3) is 8.21. The van der Waals surface area contributed by atoms with Crippen molar-refractivity contribution in [2.75, 3.05) is 13.3 Å². The van der Waals surface area contributed by atoms with Crippen LogP contribution in [0.1, 0.15) is 55.2 Å². The molecule has 30 heavy (non-hydrogen) atoms. The van der Waals surface area contributed by atoms with Gasteiger partial charge in [0, 0.05) is 31.8 Å². The lowest BCUT2D eigenvalue weighted by Crippen LogP contribution is -2.36. The van der Waals surface area contributed by atoms with Gasteiger partial charge >= 0.3 is 0 Å². The second kappa shape index (κ2) is 12.2. The second-order valence-corrected chi connectivity index (χ2v) is 9.13. The zero-order chi connectivity index (χ0) is 21.4. The van der Waals surface area contributed by atoms with Crippen LogP contribution >= 0.6 is 24.0 Å². The van der Waals surface area contributed by atoms with Gasteiger partial charge in [-0.05, 0) is 36.1 Å². The molecule has 0 unspecified atom stereocenters. The molecular weight excluding hydrogens is 522 g/mol. The molecule has 1 heterocycles. The molecule has 168 valence electrons. The van der Waals surface area contributed by atoms with E-state index in [4.69, 9.17) is 4.52 Å². The van der Waals surface area contributed by atoms with Crippen LogP contribution in [0.2, 0.25) is 0 Å². The van der Waals surface area contributed by atoms with Crippen molar-refractivity contribution in [2.45, 2.75) is 51.4 Å². The molecule has 0 bridgehead atoms. The Morgan fingerprint density at radius 1 is 1.17 bits per heavy atom. The van der Waals surface area contributed by atoms with E-state index in [1.54, 1.807) is 7.05 Å². The first-order chi connectivity index (χ1) is 13.8. The minimum Gasteiger partial charge on any atom is -0.359 e. The van der Waals surface area contributed by atoms with Gasteiger partial charge in [0.2, 0.25) is 0 Å². The van der Waals surface area contributed by atoms with Gasteiger partial charge in [0.05, 0.1) is 18.0 Å². The third-order valence-corrected chi connectivity index (χ3v) is 5.50. The Morgan fingerprint density at radius 2 is 1.83 bits per heavy atom. The van der Waals surface area contributed by atoms with E-state index in [1.165, 1.54) is 18.2 Å². The Hall–Kier alpha value is -1.69. The maximum atomic E-state index is 13.6. The molecule has 2 N–H and O–H groups in total. The van der Waals surface area contributed by atoms with E-state index in [9.17, 15) is 12.8 Å². The van der Waals surface area contributed by atoms with Gasteiger partial charge in [0.1, 0.15) is 5.82 Å². The Kier molecular flexibility index (Phi) is 10.7.